The molecule has 1 spiro atoms. The number of pyridine rings is 1. The number of carboxylic acid groups (broad SMARTS) is 1. The Morgan fingerprint density at radius 1 is 1.48 bits per heavy atom. The number of carboxylic acids is 1. The van der Waals surface area contributed by atoms with Gasteiger partial charge in [0.15, 0.2) is 0 Å². The number of hydrogen-bond acceptors (Lipinski definition) is 5. The molecule has 2 aliphatic heterocycles. The quantitative estimate of drug-likeness (QED) is 0.906. The predicted molar refractivity (Wildman–Crippen MR) is 86.4 cm³/mol. The molecule has 0 radical (unpaired) electrons. The molecule has 6 nitrogen and oxygen atoms in total. The number of carbonyl (C=O) groups is 1. The highest BCUT2D eigenvalue weighted by Crippen LogP contribution is 2.43. The summed E-state index contributed by atoms with van der Waals surface area (Å²) in [4.78, 5) is 20.1. The van der Waals surface area contributed by atoms with Crippen molar-refractivity contribution in [2.45, 2.75) is 31.8 Å². The van der Waals surface area contributed by atoms with E-state index >= 15 is 0 Å². The summed E-state index contributed by atoms with van der Waals surface area (Å²) in [5.74, 6) is 0.151. The fourth-order valence-electron chi connectivity index (χ4n) is 3.99. The molecule has 0 bridgehead atoms. The summed E-state index contributed by atoms with van der Waals surface area (Å²) in [7, 11) is 3.60. The minimum Gasteiger partial charge on any atom is -0.497 e. The lowest BCUT2D eigenvalue weighted by Gasteiger charge is -2.39. The molecule has 6 heteroatoms. The van der Waals surface area contributed by atoms with Crippen LogP contribution in [0.2, 0.25) is 0 Å². The minimum absolute atomic E-state index is 0.177. The Labute approximate surface area is 137 Å². The molecule has 1 aromatic rings. The first-order chi connectivity index (χ1) is 11.0. The van der Waals surface area contributed by atoms with Gasteiger partial charge in [-0.2, -0.15) is 0 Å². The van der Waals surface area contributed by atoms with Crippen molar-refractivity contribution in [3.8, 4) is 5.75 Å². The zero-order valence-corrected chi connectivity index (χ0v) is 13.9. The zero-order chi connectivity index (χ0) is 16.4. The Morgan fingerprint density at radius 2 is 2.22 bits per heavy atom. The first-order valence-corrected chi connectivity index (χ1v) is 8.16. The van der Waals surface area contributed by atoms with E-state index in [1.807, 2.05) is 24.1 Å². The van der Waals surface area contributed by atoms with E-state index in [0.29, 0.717) is 0 Å². The number of likely N-dealkylation sites (N-methyl/N-ethyl adjacent to an activating group) is 1. The van der Waals surface area contributed by atoms with Crippen molar-refractivity contribution in [3.05, 3.63) is 24.0 Å². The Morgan fingerprint density at radius 3 is 2.83 bits per heavy atom. The van der Waals surface area contributed by atoms with Crippen LogP contribution in [0.3, 0.4) is 0 Å². The van der Waals surface area contributed by atoms with Gasteiger partial charge in [0.25, 0.3) is 0 Å². The van der Waals surface area contributed by atoms with Gasteiger partial charge in [-0.15, -0.1) is 0 Å². The molecule has 3 rings (SSSR count). The van der Waals surface area contributed by atoms with Crippen molar-refractivity contribution in [2.75, 3.05) is 33.8 Å². The zero-order valence-electron chi connectivity index (χ0n) is 13.9. The van der Waals surface area contributed by atoms with Crippen LogP contribution in [0.4, 0.5) is 0 Å². The van der Waals surface area contributed by atoms with E-state index in [1.54, 1.807) is 13.3 Å². The lowest BCUT2D eigenvalue weighted by atomic mass is 9.76. The van der Waals surface area contributed by atoms with E-state index in [0.717, 1.165) is 56.9 Å². The Hall–Kier alpha value is -1.66. The normalized spacial score (nSPS) is 24.9. The average Bonchev–Trinajstić information content (AvgIpc) is 2.87. The lowest BCUT2D eigenvalue weighted by molar-refractivity contribution is -0.141. The molecule has 126 valence electrons. The summed E-state index contributed by atoms with van der Waals surface area (Å²) in [6.45, 7) is 3.72. The van der Waals surface area contributed by atoms with E-state index < -0.39 is 5.97 Å². The molecule has 23 heavy (non-hydrogen) atoms. The fourth-order valence-corrected chi connectivity index (χ4v) is 3.99. The predicted octanol–water partition coefficient (Wildman–Crippen LogP) is 1.46. The van der Waals surface area contributed by atoms with Gasteiger partial charge in [0.1, 0.15) is 11.8 Å². The van der Waals surface area contributed by atoms with Crippen LogP contribution in [0.25, 0.3) is 0 Å². The number of aromatic nitrogens is 1. The average molecular weight is 319 g/mol. The third kappa shape index (κ3) is 3.48. The van der Waals surface area contributed by atoms with Crippen molar-refractivity contribution in [1.82, 2.24) is 14.8 Å². The molecule has 3 heterocycles. The number of aliphatic carboxylic acids is 1. The maximum absolute atomic E-state index is 11.3. The molecule has 2 saturated heterocycles. The molecule has 0 unspecified atom stereocenters. The molecule has 0 aromatic carbocycles. The van der Waals surface area contributed by atoms with Crippen molar-refractivity contribution in [3.63, 3.8) is 0 Å². The number of hydrogen-bond donors (Lipinski definition) is 1. The number of rotatable bonds is 4. The van der Waals surface area contributed by atoms with Gasteiger partial charge in [0.05, 0.1) is 12.8 Å². The van der Waals surface area contributed by atoms with Crippen LogP contribution in [0.5, 0.6) is 5.75 Å². The molecule has 0 saturated carbocycles. The van der Waals surface area contributed by atoms with Crippen molar-refractivity contribution < 1.29 is 14.6 Å². The van der Waals surface area contributed by atoms with E-state index in [2.05, 4.69) is 9.88 Å². The van der Waals surface area contributed by atoms with Crippen LogP contribution in [0.15, 0.2) is 18.3 Å². The highest BCUT2D eigenvalue weighted by atomic mass is 16.5. The van der Waals surface area contributed by atoms with Crippen LogP contribution >= 0.6 is 0 Å². The standard InChI is InChI=1S/C17H25N3O3/c1-19-12-17(10-15(19)16(21)22)4-7-20(8-5-17)11-13-9-14(23-2)3-6-18-13/h3,6,9,15H,4-5,7-8,10-12H2,1-2H3,(H,21,22)/t15-/m0/s1. The smallest absolute Gasteiger partial charge is 0.320 e. The summed E-state index contributed by atoms with van der Waals surface area (Å²) in [5, 5.41) is 9.32. The van der Waals surface area contributed by atoms with Gasteiger partial charge in [-0.05, 0) is 50.9 Å². The summed E-state index contributed by atoms with van der Waals surface area (Å²) >= 11 is 0. The van der Waals surface area contributed by atoms with E-state index in [4.69, 9.17) is 4.74 Å². The largest absolute Gasteiger partial charge is 0.497 e. The third-order valence-corrected chi connectivity index (χ3v) is 5.35. The van der Waals surface area contributed by atoms with Gasteiger partial charge in [-0.1, -0.05) is 0 Å². The number of nitrogens with zero attached hydrogens (tertiary/aromatic N) is 3. The SMILES string of the molecule is COc1ccnc(CN2CCC3(CC2)C[C@@H](C(=O)O)N(C)C3)c1. The van der Waals surface area contributed by atoms with Gasteiger partial charge < -0.3 is 9.84 Å². The van der Waals surface area contributed by atoms with E-state index in [9.17, 15) is 9.90 Å². The maximum Gasteiger partial charge on any atom is 0.320 e. The molecule has 1 aromatic heterocycles. The van der Waals surface area contributed by atoms with Crippen molar-refractivity contribution in [1.29, 1.82) is 0 Å². The highest BCUT2D eigenvalue weighted by Gasteiger charge is 2.46. The molecule has 0 amide bonds. The second-order valence-corrected chi connectivity index (χ2v) is 6.94. The number of likely N-dealkylation sites (tertiary alicyclic amines) is 2. The van der Waals surface area contributed by atoms with Gasteiger partial charge >= 0.3 is 5.97 Å². The van der Waals surface area contributed by atoms with Crippen LogP contribution in [-0.4, -0.2) is 65.7 Å². The molecule has 2 fully saturated rings. The van der Waals surface area contributed by atoms with Gasteiger partial charge in [0.2, 0.25) is 0 Å². The topological polar surface area (TPSA) is 65.9 Å². The molecular formula is C17H25N3O3. The second-order valence-electron chi connectivity index (χ2n) is 6.94. The minimum atomic E-state index is -0.688. The fraction of sp³-hybridized carbons (Fsp3) is 0.647. The maximum atomic E-state index is 11.3. The molecular weight excluding hydrogens is 294 g/mol. The summed E-state index contributed by atoms with van der Waals surface area (Å²) in [5.41, 5.74) is 1.20. The van der Waals surface area contributed by atoms with Gasteiger partial charge in [0, 0.05) is 25.4 Å². The van der Waals surface area contributed by atoms with Crippen molar-refractivity contribution in [2.24, 2.45) is 5.41 Å². The van der Waals surface area contributed by atoms with E-state index in [-0.39, 0.29) is 11.5 Å². The number of ether oxygens (including phenoxy) is 1. The first kappa shape index (κ1) is 16.2. The monoisotopic (exact) mass is 319 g/mol. The van der Waals surface area contributed by atoms with Crippen LogP contribution < -0.4 is 4.74 Å². The Kier molecular flexibility index (Phi) is 4.55. The number of methoxy groups -OCH3 is 1. The third-order valence-electron chi connectivity index (χ3n) is 5.35. The Bertz CT molecular complexity index is 570. The lowest BCUT2D eigenvalue weighted by Crippen LogP contribution is -2.41. The van der Waals surface area contributed by atoms with Gasteiger partial charge in [-0.3, -0.25) is 19.6 Å². The van der Waals surface area contributed by atoms with E-state index in [1.165, 1.54) is 0 Å². The van der Waals surface area contributed by atoms with Crippen LogP contribution in [-0.2, 0) is 11.3 Å². The molecule has 0 aliphatic carbocycles. The van der Waals surface area contributed by atoms with Crippen LogP contribution in [0.1, 0.15) is 25.0 Å². The number of piperidine rings is 1. The summed E-state index contributed by atoms with van der Waals surface area (Å²) in [6.07, 6.45) is 4.68. The molecule has 1 atom stereocenters. The molecule has 2 aliphatic rings. The Balaban J connectivity index is 1.57. The summed E-state index contributed by atoms with van der Waals surface area (Å²) in [6, 6.07) is 3.52. The van der Waals surface area contributed by atoms with Gasteiger partial charge in [-0.25, -0.2) is 0 Å². The van der Waals surface area contributed by atoms with Crippen molar-refractivity contribution >= 4 is 5.97 Å². The first-order valence-electron chi connectivity index (χ1n) is 8.16. The summed E-state index contributed by atoms with van der Waals surface area (Å²) < 4.78 is 5.25. The van der Waals surface area contributed by atoms with Crippen LogP contribution in [0, 0.1) is 5.41 Å². The molecule has 1 N–H and O–H groups in total. The second kappa shape index (κ2) is 6.45. The highest BCUT2D eigenvalue weighted by molar-refractivity contribution is 5.74.